The predicted octanol–water partition coefficient (Wildman–Crippen LogP) is 4.64. The summed E-state index contributed by atoms with van der Waals surface area (Å²) in [5.74, 6) is -1.09. The highest BCUT2D eigenvalue weighted by atomic mass is 35.5. The van der Waals surface area contributed by atoms with Crippen molar-refractivity contribution in [1.82, 2.24) is 0 Å². The van der Waals surface area contributed by atoms with Crippen LogP contribution in [0, 0.1) is 0 Å². The number of rotatable bonds is 5. The summed E-state index contributed by atoms with van der Waals surface area (Å²) in [6, 6.07) is 8.62. The van der Waals surface area contributed by atoms with Crippen LogP contribution >= 0.6 is 34.5 Å². The summed E-state index contributed by atoms with van der Waals surface area (Å²) in [4.78, 5) is 24.6. The average Bonchev–Trinajstić information content (AvgIpc) is 3.03. The molecule has 2 aromatic rings. The molecule has 0 spiro atoms. The average molecular weight is 370 g/mol. The maximum absolute atomic E-state index is 12.0. The highest BCUT2D eigenvalue weighted by molar-refractivity contribution is 7.10. The minimum atomic E-state index is -0.967. The van der Waals surface area contributed by atoms with Crippen LogP contribution in [-0.4, -0.2) is 18.0 Å². The Morgan fingerprint density at radius 3 is 2.74 bits per heavy atom. The van der Waals surface area contributed by atoms with E-state index in [9.17, 15) is 9.59 Å². The number of benzene rings is 1. The molecule has 23 heavy (non-hydrogen) atoms. The molecule has 0 aliphatic heterocycles. The van der Waals surface area contributed by atoms with Crippen molar-refractivity contribution in [2.45, 2.75) is 13.0 Å². The van der Waals surface area contributed by atoms with Gasteiger partial charge < -0.3 is 10.1 Å². The summed E-state index contributed by atoms with van der Waals surface area (Å²) in [5, 5.41) is 5.03. The lowest BCUT2D eigenvalue weighted by atomic mass is 10.3. The number of anilines is 1. The van der Waals surface area contributed by atoms with Crippen molar-refractivity contribution in [3.05, 3.63) is 56.7 Å². The Kier molecular flexibility index (Phi) is 6.21. The van der Waals surface area contributed by atoms with E-state index in [-0.39, 0.29) is 5.02 Å². The van der Waals surface area contributed by atoms with E-state index in [1.807, 2.05) is 17.5 Å². The number of carbonyl (C=O) groups excluding carboxylic acids is 2. The van der Waals surface area contributed by atoms with E-state index in [1.54, 1.807) is 24.3 Å². The normalized spacial score (nSPS) is 12.1. The van der Waals surface area contributed by atoms with Gasteiger partial charge in [-0.15, -0.1) is 11.3 Å². The Balaban J connectivity index is 1.92. The molecule has 0 radical (unpaired) electrons. The second kappa shape index (κ2) is 8.15. The van der Waals surface area contributed by atoms with Crippen molar-refractivity contribution < 1.29 is 14.3 Å². The van der Waals surface area contributed by atoms with E-state index in [4.69, 9.17) is 27.9 Å². The Hall–Kier alpha value is -1.82. The third-order valence-electron chi connectivity index (χ3n) is 2.80. The van der Waals surface area contributed by atoms with E-state index in [0.29, 0.717) is 10.7 Å². The Bertz CT molecular complexity index is 729. The van der Waals surface area contributed by atoms with E-state index in [2.05, 4.69) is 5.32 Å². The standard InChI is InChI=1S/C16H13Cl2NO3S/c1-10(22-14(20)8-7-11-4-3-9-23-11)16(21)19-13-6-2-5-12(17)15(13)18/h2-10H,1H3,(H,19,21)/b8-7+/t10-/m1/s1. The summed E-state index contributed by atoms with van der Waals surface area (Å²) in [7, 11) is 0. The van der Waals surface area contributed by atoms with Gasteiger partial charge in [0, 0.05) is 11.0 Å². The van der Waals surface area contributed by atoms with Gasteiger partial charge in [-0.2, -0.15) is 0 Å². The molecule has 7 heteroatoms. The van der Waals surface area contributed by atoms with Crippen LogP contribution in [0.5, 0.6) is 0 Å². The maximum atomic E-state index is 12.0. The van der Waals surface area contributed by atoms with Crippen LogP contribution in [0.2, 0.25) is 10.0 Å². The lowest BCUT2D eigenvalue weighted by molar-refractivity contribution is -0.148. The van der Waals surface area contributed by atoms with Crippen molar-refractivity contribution in [1.29, 1.82) is 0 Å². The van der Waals surface area contributed by atoms with Gasteiger partial charge in [0.1, 0.15) is 0 Å². The zero-order valence-electron chi connectivity index (χ0n) is 12.1. The Labute approximate surface area is 147 Å². The molecule has 1 amide bonds. The largest absolute Gasteiger partial charge is 0.449 e. The van der Waals surface area contributed by atoms with Gasteiger partial charge in [0.25, 0.3) is 5.91 Å². The summed E-state index contributed by atoms with van der Waals surface area (Å²) in [6.07, 6.45) is 1.94. The molecule has 0 aliphatic rings. The lowest BCUT2D eigenvalue weighted by Crippen LogP contribution is -2.29. The minimum Gasteiger partial charge on any atom is -0.449 e. The molecule has 1 aromatic heterocycles. The highest BCUT2D eigenvalue weighted by Crippen LogP contribution is 2.29. The zero-order valence-corrected chi connectivity index (χ0v) is 14.4. The zero-order chi connectivity index (χ0) is 16.8. The smallest absolute Gasteiger partial charge is 0.331 e. The predicted molar refractivity (Wildman–Crippen MR) is 94.0 cm³/mol. The van der Waals surface area contributed by atoms with E-state index < -0.39 is 18.0 Å². The number of carbonyl (C=O) groups is 2. The van der Waals surface area contributed by atoms with Gasteiger partial charge in [-0.3, -0.25) is 4.79 Å². The fraction of sp³-hybridized carbons (Fsp3) is 0.125. The molecule has 1 heterocycles. The number of ether oxygens (including phenoxy) is 1. The first kappa shape index (κ1) is 17.5. The van der Waals surface area contributed by atoms with Gasteiger partial charge in [0.15, 0.2) is 6.10 Å². The number of nitrogens with one attached hydrogen (secondary N) is 1. The second-order valence-corrected chi connectivity index (χ2v) is 6.28. The summed E-state index contributed by atoms with van der Waals surface area (Å²) in [6.45, 7) is 1.48. The third kappa shape index (κ3) is 5.10. The summed E-state index contributed by atoms with van der Waals surface area (Å²) in [5.41, 5.74) is 0.362. The monoisotopic (exact) mass is 369 g/mol. The van der Waals surface area contributed by atoms with Crippen molar-refractivity contribution in [3.63, 3.8) is 0 Å². The Morgan fingerprint density at radius 2 is 2.04 bits per heavy atom. The van der Waals surface area contributed by atoms with Crippen molar-refractivity contribution in [3.8, 4) is 0 Å². The molecule has 0 fully saturated rings. The van der Waals surface area contributed by atoms with Gasteiger partial charge in [0.2, 0.25) is 0 Å². The number of halogens is 2. The molecule has 0 saturated heterocycles. The van der Waals surface area contributed by atoms with Gasteiger partial charge in [-0.1, -0.05) is 35.3 Å². The third-order valence-corrected chi connectivity index (χ3v) is 4.45. The van der Waals surface area contributed by atoms with Crippen molar-refractivity contribution in [2.24, 2.45) is 0 Å². The fourth-order valence-electron chi connectivity index (χ4n) is 1.64. The molecule has 1 N–H and O–H groups in total. The lowest BCUT2D eigenvalue weighted by Gasteiger charge is -2.13. The van der Waals surface area contributed by atoms with Crippen molar-refractivity contribution in [2.75, 3.05) is 5.32 Å². The van der Waals surface area contributed by atoms with E-state index in [0.717, 1.165) is 4.88 Å². The minimum absolute atomic E-state index is 0.235. The van der Waals surface area contributed by atoms with Crippen LogP contribution in [0.15, 0.2) is 41.8 Å². The first-order chi connectivity index (χ1) is 11.0. The molecule has 0 saturated carbocycles. The van der Waals surface area contributed by atoms with Crippen LogP contribution in [0.1, 0.15) is 11.8 Å². The number of hydrogen-bond donors (Lipinski definition) is 1. The van der Waals surface area contributed by atoms with Crippen LogP contribution in [0.25, 0.3) is 6.08 Å². The topological polar surface area (TPSA) is 55.4 Å². The second-order valence-electron chi connectivity index (χ2n) is 4.52. The van der Waals surface area contributed by atoms with E-state index >= 15 is 0 Å². The molecule has 0 unspecified atom stereocenters. The van der Waals surface area contributed by atoms with Gasteiger partial charge in [0.05, 0.1) is 15.7 Å². The van der Waals surface area contributed by atoms with E-state index in [1.165, 1.54) is 24.3 Å². The number of thiophene rings is 1. The molecule has 120 valence electrons. The van der Waals surface area contributed by atoms with Gasteiger partial charge in [-0.25, -0.2) is 4.79 Å². The molecular weight excluding hydrogens is 357 g/mol. The number of amides is 1. The molecular formula is C16H13Cl2NO3S. The first-order valence-electron chi connectivity index (χ1n) is 6.64. The SMILES string of the molecule is C[C@@H](OC(=O)/C=C/c1cccs1)C(=O)Nc1cccc(Cl)c1Cl. The molecule has 2 rings (SSSR count). The number of hydrogen-bond acceptors (Lipinski definition) is 4. The quantitative estimate of drug-likeness (QED) is 0.616. The molecule has 4 nitrogen and oxygen atoms in total. The molecule has 1 aromatic carbocycles. The van der Waals surface area contributed by atoms with Crippen LogP contribution < -0.4 is 5.32 Å². The van der Waals surface area contributed by atoms with Gasteiger partial charge in [-0.05, 0) is 36.6 Å². The number of esters is 1. The van der Waals surface area contributed by atoms with Crippen LogP contribution in [0.3, 0.4) is 0 Å². The Morgan fingerprint density at radius 1 is 1.26 bits per heavy atom. The molecule has 0 bridgehead atoms. The van der Waals surface area contributed by atoms with Crippen molar-refractivity contribution >= 4 is 58.2 Å². The molecule has 0 aliphatic carbocycles. The molecule has 1 atom stereocenters. The fourth-order valence-corrected chi connectivity index (χ4v) is 2.60. The highest BCUT2D eigenvalue weighted by Gasteiger charge is 2.18. The van der Waals surface area contributed by atoms with Crippen LogP contribution in [-0.2, 0) is 14.3 Å². The first-order valence-corrected chi connectivity index (χ1v) is 8.28. The van der Waals surface area contributed by atoms with Crippen LogP contribution in [0.4, 0.5) is 5.69 Å². The maximum Gasteiger partial charge on any atom is 0.331 e. The summed E-state index contributed by atoms with van der Waals surface area (Å²) >= 11 is 13.4. The van der Waals surface area contributed by atoms with Gasteiger partial charge >= 0.3 is 5.97 Å². The summed E-state index contributed by atoms with van der Waals surface area (Å²) < 4.78 is 5.04.